The highest BCUT2D eigenvalue weighted by Gasteiger charge is 2.22. The van der Waals surface area contributed by atoms with Crippen molar-refractivity contribution in [3.8, 4) is 0 Å². The van der Waals surface area contributed by atoms with Crippen LogP contribution in [0.1, 0.15) is 64.0 Å². The standard InChI is InChI=1S/C17H26ClN/c1-3-13-8-10-16(11-9-13)19-17(4-2)14-6-5-7-15(18)12-14/h5-7,12-13,16-17,19H,3-4,8-11H2,1-2H3. The van der Waals surface area contributed by atoms with Crippen molar-refractivity contribution in [1.82, 2.24) is 5.32 Å². The van der Waals surface area contributed by atoms with Crippen LogP contribution in [-0.2, 0) is 0 Å². The normalized spacial score (nSPS) is 25.2. The summed E-state index contributed by atoms with van der Waals surface area (Å²) in [5.41, 5.74) is 1.33. The molecule has 0 saturated heterocycles. The predicted molar refractivity (Wildman–Crippen MR) is 83.7 cm³/mol. The maximum atomic E-state index is 6.10. The van der Waals surface area contributed by atoms with E-state index in [4.69, 9.17) is 11.6 Å². The molecule has 1 aliphatic rings. The SMILES string of the molecule is CCC1CCC(NC(CC)c2cccc(Cl)c2)CC1. The van der Waals surface area contributed by atoms with Gasteiger partial charge in [-0.2, -0.15) is 0 Å². The number of rotatable bonds is 5. The number of benzene rings is 1. The fraction of sp³-hybridized carbons (Fsp3) is 0.647. The van der Waals surface area contributed by atoms with E-state index in [0.717, 1.165) is 17.4 Å². The number of halogens is 1. The maximum absolute atomic E-state index is 6.10. The molecule has 1 nitrogen and oxygen atoms in total. The van der Waals surface area contributed by atoms with Crippen LogP contribution in [0.25, 0.3) is 0 Å². The smallest absolute Gasteiger partial charge is 0.0409 e. The predicted octanol–water partition coefficient (Wildman–Crippen LogP) is 5.35. The molecule has 0 amide bonds. The summed E-state index contributed by atoms with van der Waals surface area (Å²) in [4.78, 5) is 0. The zero-order chi connectivity index (χ0) is 13.7. The van der Waals surface area contributed by atoms with Crippen LogP contribution in [0, 0.1) is 5.92 Å². The molecule has 1 unspecified atom stereocenters. The van der Waals surface area contributed by atoms with E-state index in [0.29, 0.717) is 12.1 Å². The summed E-state index contributed by atoms with van der Waals surface area (Å²) in [6, 6.07) is 9.42. The quantitative estimate of drug-likeness (QED) is 0.766. The van der Waals surface area contributed by atoms with Crippen LogP contribution in [0.3, 0.4) is 0 Å². The minimum absolute atomic E-state index is 0.446. The summed E-state index contributed by atoms with van der Waals surface area (Å²) >= 11 is 6.10. The van der Waals surface area contributed by atoms with Gasteiger partial charge in [0.1, 0.15) is 0 Å². The number of nitrogens with one attached hydrogen (secondary N) is 1. The molecular formula is C17H26ClN. The van der Waals surface area contributed by atoms with Gasteiger partial charge in [0.15, 0.2) is 0 Å². The van der Waals surface area contributed by atoms with Crippen molar-refractivity contribution in [3.05, 3.63) is 34.9 Å². The van der Waals surface area contributed by atoms with Gasteiger partial charge in [-0.1, -0.05) is 44.0 Å². The Morgan fingerprint density at radius 2 is 1.95 bits per heavy atom. The van der Waals surface area contributed by atoms with Gasteiger partial charge in [0.2, 0.25) is 0 Å². The van der Waals surface area contributed by atoms with Crippen LogP contribution in [-0.4, -0.2) is 6.04 Å². The molecule has 1 atom stereocenters. The molecule has 1 aromatic carbocycles. The van der Waals surface area contributed by atoms with Crippen molar-refractivity contribution in [2.24, 2.45) is 5.92 Å². The van der Waals surface area contributed by atoms with E-state index in [1.807, 2.05) is 6.07 Å². The van der Waals surface area contributed by atoms with Gasteiger partial charge in [-0.3, -0.25) is 0 Å². The highest BCUT2D eigenvalue weighted by atomic mass is 35.5. The minimum atomic E-state index is 0.446. The van der Waals surface area contributed by atoms with Crippen LogP contribution in [0.4, 0.5) is 0 Å². The average Bonchev–Trinajstić information content (AvgIpc) is 2.45. The Bertz CT molecular complexity index is 383. The van der Waals surface area contributed by atoms with Crippen LogP contribution < -0.4 is 5.32 Å². The van der Waals surface area contributed by atoms with Gasteiger partial charge in [-0.25, -0.2) is 0 Å². The van der Waals surface area contributed by atoms with E-state index in [-0.39, 0.29) is 0 Å². The molecular weight excluding hydrogens is 254 g/mol. The van der Waals surface area contributed by atoms with Gasteiger partial charge in [-0.05, 0) is 55.7 Å². The Kier molecular flexibility index (Phi) is 5.72. The van der Waals surface area contributed by atoms with Crippen LogP contribution >= 0.6 is 11.6 Å². The summed E-state index contributed by atoms with van der Waals surface area (Å²) in [6.45, 7) is 4.56. The molecule has 1 saturated carbocycles. The van der Waals surface area contributed by atoms with Crippen LogP contribution in [0.15, 0.2) is 24.3 Å². The zero-order valence-electron chi connectivity index (χ0n) is 12.2. The monoisotopic (exact) mass is 279 g/mol. The Labute approximate surface area is 122 Å². The molecule has 1 N–H and O–H groups in total. The lowest BCUT2D eigenvalue weighted by atomic mass is 9.84. The van der Waals surface area contributed by atoms with E-state index in [1.165, 1.54) is 37.7 Å². The van der Waals surface area contributed by atoms with Gasteiger partial charge in [0, 0.05) is 17.1 Å². The molecule has 0 heterocycles. The van der Waals surface area contributed by atoms with Gasteiger partial charge in [0.25, 0.3) is 0 Å². The van der Waals surface area contributed by atoms with E-state index >= 15 is 0 Å². The van der Waals surface area contributed by atoms with Gasteiger partial charge in [-0.15, -0.1) is 0 Å². The molecule has 0 aliphatic heterocycles. The van der Waals surface area contributed by atoms with Gasteiger partial charge >= 0.3 is 0 Å². The van der Waals surface area contributed by atoms with Crippen LogP contribution in [0.5, 0.6) is 0 Å². The first-order chi connectivity index (χ1) is 9.22. The lowest BCUT2D eigenvalue weighted by Crippen LogP contribution is -2.35. The molecule has 0 radical (unpaired) electrons. The number of hydrogen-bond acceptors (Lipinski definition) is 1. The molecule has 1 aliphatic carbocycles. The third-order valence-electron chi connectivity index (χ3n) is 4.52. The molecule has 2 rings (SSSR count). The van der Waals surface area contributed by atoms with Crippen molar-refractivity contribution in [2.45, 2.75) is 64.5 Å². The summed E-state index contributed by atoms with van der Waals surface area (Å²) in [5, 5.41) is 4.68. The molecule has 0 aromatic heterocycles. The highest BCUT2D eigenvalue weighted by molar-refractivity contribution is 6.30. The Morgan fingerprint density at radius 3 is 2.53 bits per heavy atom. The summed E-state index contributed by atoms with van der Waals surface area (Å²) in [7, 11) is 0. The van der Waals surface area contributed by atoms with Crippen molar-refractivity contribution in [3.63, 3.8) is 0 Å². The Morgan fingerprint density at radius 1 is 1.21 bits per heavy atom. The Hall–Kier alpha value is -0.530. The summed E-state index contributed by atoms with van der Waals surface area (Å²) in [6.07, 6.45) is 7.90. The first kappa shape index (κ1) is 14.9. The van der Waals surface area contributed by atoms with Gasteiger partial charge < -0.3 is 5.32 Å². The van der Waals surface area contributed by atoms with E-state index in [9.17, 15) is 0 Å². The molecule has 1 aromatic rings. The maximum Gasteiger partial charge on any atom is 0.0409 e. The fourth-order valence-corrected chi connectivity index (χ4v) is 3.39. The molecule has 106 valence electrons. The summed E-state index contributed by atoms with van der Waals surface area (Å²) < 4.78 is 0. The zero-order valence-corrected chi connectivity index (χ0v) is 12.9. The highest BCUT2D eigenvalue weighted by Crippen LogP contribution is 2.29. The first-order valence-corrected chi connectivity index (χ1v) is 8.12. The topological polar surface area (TPSA) is 12.0 Å². The molecule has 19 heavy (non-hydrogen) atoms. The van der Waals surface area contributed by atoms with Gasteiger partial charge in [0.05, 0.1) is 0 Å². The third-order valence-corrected chi connectivity index (χ3v) is 4.76. The average molecular weight is 280 g/mol. The Balaban J connectivity index is 1.93. The second kappa shape index (κ2) is 7.31. The van der Waals surface area contributed by atoms with E-state index < -0.39 is 0 Å². The van der Waals surface area contributed by atoms with Crippen molar-refractivity contribution in [1.29, 1.82) is 0 Å². The van der Waals surface area contributed by atoms with E-state index in [1.54, 1.807) is 0 Å². The second-order valence-electron chi connectivity index (χ2n) is 5.81. The first-order valence-electron chi connectivity index (χ1n) is 7.74. The lowest BCUT2D eigenvalue weighted by Gasteiger charge is -2.32. The molecule has 0 bridgehead atoms. The lowest BCUT2D eigenvalue weighted by molar-refractivity contribution is 0.267. The minimum Gasteiger partial charge on any atom is -0.307 e. The van der Waals surface area contributed by atoms with Crippen molar-refractivity contribution >= 4 is 11.6 Å². The summed E-state index contributed by atoms with van der Waals surface area (Å²) in [5.74, 6) is 0.962. The van der Waals surface area contributed by atoms with E-state index in [2.05, 4.69) is 37.4 Å². The molecule has 0 spiro atoms. The number of hydrogen-bond donors (Lipinski definition) is 1. The molecule has 1 fully saturated rings. The third kappa shape index (κ3) is 4.22. The van der Waals surface area contributed by atoms with Crippen LogP contribution in [0.2, 0.25) is 5.02 Å². The van der Waals surface area contributed by atoms with Crippen molar-refractivity contribution < 1.29 is 0 Å². The molecule has 2 heteroatoms. The largest absolute Gasteiger partial charge is 0.307 e. The second-order valence-corrected chi connectivity index (χ2v) is 6.24. The fourth-order valence-electron chi connectivity index (χ4n) is 3.19. The van der Waals surface area contributed by atoms with Crippen molar-refractivity contribution in [2.75, 3.05) is 0 Å².